The van der Waals surface area contributed by atoms with Crippen molar-refractivity contribution in [3.8, 4) is 11.5 Å². The van der Waals surface area contributed by atoms with Crippen molar-refractivity contribution in [2.45, 2.75) is 20.3 Å². The van der Waals surface area contributed by atoms with Gasteiger partial charge in [0.25, 0.3) is 0 Å². The average molecular weight is 959 g/mol. The Labute approximate surface area is 225 Å². The third-order valence-corrected chi connectivity index (χ3v) is 3.58. The number of carbonyl (C=O) groups excluding carboxylic acids is 2. The zero-order valence-electron chi connectivity index (χ0n) is 15.8. The Hall–Kier alpha value is 0.770. The first-order chi connectivity index (χ1) is 13.9. The van der Waals surface area contributed by atoms with E-state index in [1.54, 1.807) is 31.2 Å². The minimum absolute atomic E-state index is 0.0320. The molecule has 0 bridgehead atoms. The van der Waals surface area contributed by atoms with Crippen LogP contribution in [0.5, 0.6) is 11.5 Å². The van der Waals surface area contributed by atoms with E-state index < -0.39 is 0 Å². The normalized spacial score (nSPS) is 10.4. The van der Waals surface area contributed by atoms with Crippen molar-refractivity contribution in [2.24, 2.45) is 0 Å². The molecule has 2 aromatic rings. The van der Waals surface area contributed by atoms with Gasteiger partial charge in [-0.15, -0.1) is 0 Å². The van der Waals surface area contributed by atoms with Crippen molar-refractivity contribution in [1.82, 2.24) is 0 Å². The molecule has 2 aromatic carbocycles. The molecular formula is C20H20I5O4-. The molecule has 1 aliphatic rings. The molecule has 0 fully saturated rings. The number of ether oxygens (including phenoxy) is 2. The van der Waals surface area contributed by atoms with Crippen molar-refractivity contribution in [2.75, 3.05) is 6.61 Å². The van der Waals surface area contributed by atoms with E-state index in [0.29, 0.717) is 31.2 Å². The van der Waals surface area contributed by atoms with Crippen LogP contribution in [0.25, 0.3) is 0 Å². The Balaban J connectivity index is 0.000000444. The second kappa shape index (κ2) is 18.4. The van der Waals surface area contributed by atoms with Crippen LogP contribution in [0.3, 0.4) is 0 Å². The van der Waals surface area contributed by atoms with E-state index in [1.807, 2.05) is 18.2 Å². The van der Waals surface area contributed by atoms with Gasteiger partial charge in [0.15, 0.2) is 11.6 Å². The first-order valence-electron chi connectivity index (χ1n) is 8.10. The Morgan fingerprint density at radius 3 is 2.28 bits per heavy atom. The quantitative estimate of drug-likeness (QED) is 0.252. The summed E-state index contributed by atoms with van der Waals surface area (Å²) in [6, 6.07) is 12.6. The van der Waals surface area contributed by atoms with Gasteiger partial charge in [-0.1, -0.05) is 30.8 Å². The van der Waals surface area contributed by atoms with Crippen molar-refractivity contribution >= 4 is 86.0 Å². The van der Waals surface area contributed by atoms with Crippen molar-refractivity contribution in [3.63, 3.8) is 0 Å². The van der Waals surface area contributed by atoms with E-state index in [4.69, 9.17) is 9.47 Å². The minimum atomic E-state index is 0.0320. The van der Waals surface area contributed by atoms with E-state index in [9.17, 15) is 9.59 Å². The summed E-state index contributed by atoms with van der Waals surface area (Å²) in [6.07, 6.45) is 2.20. The first-order valence-corrected chi connectivity index (χ1v) is 27.0. The number of rotatable bonds is 4. The Morgan fingerprint density at radius 2 is 1.72 bits per heavy atom. The number of hydrogen-bond acceptors (Lipinski definition) is 4. The molecule has 0 saturated heterocycles. The Morgan fingerprint density at radius 1 is 1.10 bits per heavy atom. The number of Topliss-reactive ketones (excluding diaryl/α,β-unsaturated/α-hetero) is 2. The molecule has 3 rings (SSSR count). The molecule has 0 atom stereocenters. The van der Waals surface area contributed by atoms with Crippen LogP contribution in [-0.4, -0.2) is 18.2 Å². The third-order valence-electron chi connectivity index (χ3n) is 3.58. The summed E-state index contributed by atoms with van der Waals surface area (Å²) in [5.41, 5.74) is 2.53. The van der Waals surface area contributed by atoms with Crippen LogP contribution in [0, 0.1) is 0 Å². The fraction of sp³-hybridized carbons (Fsp3) is 0.200. The zero-order valence-corrected chi connectivity index (χ0v) is 26.6. The molecule has 1 aliphatic heterocycles. The molecule has 160 valence electrons. The van der Waals surface area contributed by atoms with Gasteiger partial charge >= 0.3 is 50.5 Å². The summed E-state index contributed by atoms with van der Waals surface area (Å²) in [5.74, 6) is 1.67. The molecule has 0 amide bonds. The maximum absolute atomic E-state index is 11.1. The molecule has 0 N–H and O–H groups in total. The fourth-order valence-electron chi connectivity index (χ4n) is 2.44. The number of benzene rings is 2. The van der Waals surface area contributed by atoms with E-state index in [2.05, 4.69) is 81.0 Å². The SMILES string of the molecule is C=COc1cccc(C(C)=O)c1.CC(=O)c1cccc2c1CCO2.II.I[I-]I. The molecule has 4 nitrogen and oxygen atoms in total. The number of carbonyl (C=O) groups is 2. The fourth-order valence-corrected chi connectivity index (χ4v) is 2.44. The van der Waals surface area contributed by atoms with Gasteiger partial charge in [0.1, 0.15) is 11.5 Å². The number of hydrogen-bond donors (Lipinski definition) is 0. The van der Waals surface area contributed by atoms with Gasteiger partial charge in [-0.2, -0.15) is 0 Å². The number of halogens is 5. The van der Waals surface area contributed by atoms with Gasteiger partial charge in [0, 0.05) is 60.3 Å². The number of fused-ring (bicyclic) bond motifs is 1. The molecule has 0 aromatic heterocycles. The summed E-state index contributed by atoms with van der Waals surface area (Å²) in [5, 5.41) is 0. The molecule has 0 spiro atoms. The number of ketones is 2. The summed E-state index contributed by atoms with van der Waals surface area (Å²) >= 11 is 9.54. The molecule has 0 unspecified atom stereocenters. The van der Waals surface area contributed by atoms with Crippen LogP contribution in [0.2, 0.25) is 0 Å². The van der Waals surface area contributed by atoms with E-state index in [0.717, 1.165) is 23.3 Å². The molecule has 0 radical (unpaired) electrons. The van der Waals surface area contributed by atoms with Crippen LogP contribution in [0.1, 0.15) is 40.1 Å². The predicted molar refractivity (Wildman–Crippen MR) is 149 cm³/mol. The molecule has 29 heavy (non-hydrogen) atoms. The van der Waals surface area contributed by atoms with Crippen LogP contribution < -0.4 is 22.7 Å². The van der Waals surface area contributed by atoms with Gasteiger partial charge in [-0.3, -0.25) is 9.59 Å². The van der Waals surface area contributed by atoms with Gasteiger partial charge in [-0.05, 0) is 32.0 Å². The molecule has 1 heterocycles. The summed E-state index contributed by atoms with van der Waals surface area (Å²) in [7, 11) is 0. The van der Waals surface area contributed by atoms with Crippen LogP contribution in [0.15, 0.2) is 55.3 Å². The van der Waals surface area contributed by atoms with Crippen LogP contribution in [-0.2, 0) is 6.42 Å². The van der Waals surface area contributed by atoms with Gasteiger partial charge in [0.05, 0.1) is 12.9 Å². The standard InChI is InChI=1S/2C10H10O2.I3.I2/c1-7(11)8-3-2-4-10-9(8)5-6-12-10;1-3-12-10-6-4-5-9(7-10)8(2)11;1-3-2;1-2/h2-4H,5-6H2,1H3;3-7H,1H2,2H3;;/q;;-1;. The van der Waals surface area contributed by atoms with Crippen molar-refractivity contribution in [1.29, 1.82) is 0 Å². The molecule has 9 heteroatoms. The van der Waals surface area contributed by atoms with Crippen LogP contribution in [0.4, 0.5) is 0 Å². The third kappa shape index (κ3) is 11.8. The summed E-state index contributed by atoms with van der Waals surface area (Å²) in [6.45, 7) is 7.24. The van der Waals surface area contributed by atoms with E-state index in [-0.39, 0.29) is 11.6 Å². The van der Waals surface area contributed by atoms with Gasteiger partial charge in [-0.25, -0.2) is 0 Å². The maximum atomic E-state index is 11.1. The van der Waals surface area contributed by atoms with Gasteiger partial charge in [0.2, 0.25) is 0 Å². The van der Waals surface area contributed by atoms with E-state index in [1.165, 1.54) is 13.2 Å². The predicted octanol–water partition coefficient (Wildman–Crippen LogP) is 4.78. The molecular weight excluding hydrogens is 939 g/mol. The van der Waals surface area contributed by atoms with Crippen LogP contribution >= 0.6 is 74.5 Å². The Kier molecular flexibility index (Phi) is 18.8. The topological polar surface area (TPSA) is 52.6 Å². The van der Waals surface area contributed by atoms with Gasteiger partial charge < -0.3 is 9.47 Å². The second-order valence-electron chi connectivity index (χ2n) is 5.36. The molecule has 0 aliphatic carbocycles. The average Bonchev–Trinajstić information content (AvgIpc) is 3.20. The zero-order chi connectivity index (χ0) is 22.2. The monoisotopic (exact) mass is 959 g/mol. The Bertz CT molecular complexity index is 796. The van der Waals surface area contributed by atoms with Crippen molar-refractivity contribution in [3.05, 3.63) is 72.0 Å². The summed E-state index contributed by atoms with van der Waals surface area (Å²) in [4.78, 5) is 22.1. The molecule has 0 saturated carbocycles. The van der Waals surface area contributed by atoms with E-state index >= 15 is 0 Å². The second-order valence-corrected chi connectivity index (χ2v) is 21.6. The first kappa shape index (κ1) is 29.8. The summed E-state index contributed by atoms with van der Waals surface area (Å²) < 4.78 is 10.3. The van der Waals surface area contributed by atoms with Crippen molar-refractivity contribution < 1.29 is 32.3 Å².